The van der Waals surface area contributed by atoms with Crippen molar-refractivity contribution in [3.8, 4) is 17.2 Å². The first-order valence-corrected chi connectivity index (χ1v) is 9.11. The highest BCUT2D eigenvalue weighted by Crippen LogP contribution is 2.26. The molecule has 1 aliphatic heterocycles. The fourth-order valence-corrected chi connectivity index (χ4v) is 3.32. The van der Waals surface area contributed by atoms with E-state index in [-0.39, 0.29) is 17.5 Å². The summed E-state index contributed by atoms with van der Waals surface area (Å²) in [5, 5.41) is 0. The Morgan fingerprint density at radius 2 is 1.64 bits per heavy atom. The zero-order chi connectivity index (χ0) is 20.1. The van der Waals surface area contributed by atoms with Gasteiger partial charge in [0.2, 0.25) is 0 Å². The van der Waals surface area contributed by atoms with Crippen LogP contribution in [0.1, 0.15) is 15.9 Å². The smallest absolute Gasteiger partial charge is 0.257 e. The van der Waals surface area contributed by atoms with E-state index >= 15 is 0 Å². The van der Waals surface area contributed by atoms with Crippen LogP contribution in [-0.2, 0) is 6.54 Å². The molecule has 7 heteroatoms. The van der Waals surface area contributed by atoms with Gasteiger partial charge in [-0.2, -0.15) is 0 Å². The summed E-state index contributed by atoms with van der Waals surface area (Å²) in [5.41, 5.74) is 1.41. The molecule has 3 rings (SSSR count). The van der Waals surface area contributed by atoms with Crippen LogP contribution >= 0.6 is 0 Å². The summed E-state index contributed by atoms with van der Waals surface area (Å²) in [6.45, 7) is 3.28. The molecule has 2 aromatic carbocycles. The summed E-state index contributed by atoms with van der Waals surface area (Å²) in [5.74, 6) is 0.966. The van der Waals surface area contributed by atoms with E-state index in [1.54, 1.807) is 31.4 Å². The lowest BCUT2D eigenvalue weighted by atomic mass is 10.1. The lowest BCUT2D eigenvalue weighted by molar-refractivity contribution is 0.0625. The second kappa shape index (κ2) is 8.93. The molecule has 1 amide bonds. The zero-order valence-corrected chi connectivity index (χ0v) is 16.4. The molecule has 6 nitrogen and oxygen atoms in total. The van der Waals surface area contributed by atoms with Gasteiger partial charge < -0.3 is 19.1 Å². The van der Waals surface area contributed by atoms with Crippen molar-refractivity contribution >= 4 is 5.91 Å². The van der Waals surface area contributed by atoms with Crippen molar-refractivity contribution in [3.63, 3.8) is 0 Å². The third-order valence-electron chi connectivity index (χ3n) is 4.92. The van der Waals surface area contributed by atoms with Crippen molar-refractivity contribution in [3.05, 3.63) is 53.3 Å². The maximum absolute atomic E-state index is 13.9. The first kappa shape index (κ1) is 19.9. The molecule has 2 aromatic rings. The predicted octanol–water partition coefficient (Wildman–Crippen LogP) is 2.81. The Hall–Kier alpha value is -2.80. The number of ether oxygens (including phenoxy) is 3. The SMILES string of the molecule is COc1ccc(C(=O)N2CCN(Cc3ccc(OC)c(F)c3)CC2)c(OC)c1. The molecule has 28 heavy (non-hydrogen) atoms. The van der Waals surface area contributed by atoms with E-state index in [2.05, 4.69) is 4.90 Å². The maximum Gasteiger partial charge on any atom is 0.257 e. The minimum absolute atomic E-state index is 0.0605. The van der Waals surface area contributed by atoms with Crippen LogP contribution in [0.3, 0.4) is 0 Å². The Bertz CT molecular complexity index is 835. The number of carbonyl (C=O) groups is 1. The Kier molecular flexibility index (Phi) is 6.36. The number of nitrogens with zero attached hydrogens (tertiary/aromatic N) is 2. The topological polar surface area (TPSA) is 51.2 Å². The quantitative estimate of drug-likeness (QED) is 0.762. The minimum atomic E-state index is -0.361. The van der Waals surface area contributed by atoms with E-state index in [9.17, 15) is 9.18 Å². The highest BCUT2D eigenvalue weighted by molar-refractivity contribution is 5.97. The largest absolute Gasteiger partial charge is 0.497 e. The normalized spacial score (nSPS) is 14.6. The van der Waals surface area contributed by atoms with Gasteiger partial charge in [0.25, 0.3) is 5.91 Å². The molecule has 0 spiro atoms. The van der Waals surface area contributed by atoms with Crippen LogP contribution in [0, 0.1) is 5.82 Å². The van der Waals surface area contributed by atoms with Gasteiger partial charge in [-0.3, -0.25) is 9.69 Å². The van der Waals surface area contributed by atoms with Crippen LogP contribution in [0.4, 0.5) is 4.39 Å². The molecule has 0 bridgehead atoms. The van der Waals surface area contributed by atoms with Crippen molar-refractivity contribution in [1.29, 1.82) is 0 Å². The number of halogens is 1. The van der Waals surface area contributed by atoms with Gasteiger partial charge in [0.1, 0.15) is 11.5 Å². The summed E-state index contributed by atoms with van der Waals surface area (Å²) in [6.07, 6.45) is 0. The van der Waals surface area contributed by atoms with E-state index in [1.807, 2.05) is 11.0 Å². The van der Waals surface area contributed by atoms with Gasteiger partial charge in [0.15, 0.2) is 11.6 Å². The number of hydrogen-bond acceptors (Lipinski definition) is 5. The standard InChI is InChI=1S/C21H25FN2O4/c1-26-16-5-6-17(20(13-16)28-3)21(25)24-10-8-23(9-11-24)14-15-4-7-19(27-2)18(22)12-15/h4-7,12-13H,8-11,14H2,1-3H3. The maximum atomic E-state index is 13.9. The van der Waals surface area contributed by atoms with Gasteiger partial charge in [-0.1, -0.05) is 6.07 Å². The van der Waals surface area contributed by atoms with Crippen molar-refractivity contribution in [2.45, 2.75) is 6.54 Å². The monoisotopic (exact) mass is 388 g/mol. The van der Waals surface area contributed by atoms with Crippen LogP contribution in [0.15, 0.2) is 36.4 Å². The third-order valence-corrected chi connectivity index (χ3v) is 4.92. The van der Waals surface area contributed by atoms with Crippen molar-refractivity contribution < 1.29 is 23.4 Å². The average Bonchev–Trinajstić information content (AvgIpc) is 2.73. The number of piperazine rings is 1. The number of methoxy groups -OCH3 is 3. The molecule has 1 fully saturated rings. The summed E-state index contributed by atoms with van der Waals surface area (Å²) in [6, 6.07) is 10.2. The molecule has 150 valence electrons. The van der Waals surface area contributed by atoms with Gasteiger partial charge in [-0.25, -0.2) is 4.39 Å². The highest BCUT2D eigenvalue weighted by atomic mass is 19.1. The van der Waals surface area contributed by atoms with Crippen molar-refractivity contribution in [2.75, 3.05) is 47.5 Å². The number of benzene rings is 2. The van der Waals surface area contributed by atoms with Gasteiger partial charge in [-0.15, -0.1) is 0 Å². The zero-order valence-electron chi connectivity index (χ0n) is 16.4. The molecule has 0 aliphatic carbocycles. The van der Waals surface area contributed by atoms with E-state index in [1.165, 1.54) is 20.3 Å². The van der Waals surface area contributed by atoms with Crippen LogP contribution in [-0.4, -0.2) is 63.2 Å². The summed E-state index contributed by atoms with van der Waals surface area (Å²) in [7, 11) is 4.56. The van der Waals surface area contributed by atoms with Crippen LogP contribution in [0.5, 0.6) is 17.2 Å². The van der Waals surface area contributed by atoms with Crippen molar-refractivity contribution in [2.24, 2.45) is 0 Å². The summed E-state index contributed by atoms with van der Waals surface area (Å²) < 4.78 is 29.4. The lowest BCUT2D eigenvalue weighted by Gasteiger charge is -2.35. The van der Waals surface area contributed by atoms with Crippen molar-refractivity contribution in [1.82, 2.24) is 9.80 Å². The summed E-state index contributed by atoms with van der Waals surface area (Å²) in [4.78, 5) is 16.9. The molecule has 0 radical (unpaired) electrons. The second-order valence-corrected chi connectivity index (χ2v) is 6.60. The first-order valence-electron chi connectivity index (χ1n) is 9.11. The number of amides is 1. The van der Waals surface area contributed by atoms with Crippen LogP contribution in [0.2, 0.25) is 0 Å². The second-order valence-electron chi connectivity index (χ2n) is 6.60. The molecule has 1 saturated heterocycles. The molecule has 0 N–H and O–H groups in total. The fourth-order valence-electron chi connectivity index (χ4n) is 3.32. The van der Waals surface area contributed by atoms with Gasteiger partial charge in [0.05, 0.1) is 26.9 Å². The van der Waals surface area contributed by atoms with E-state index in [0.717, 1.165) is 18.7 Å². The average molecular weight is 388 g/mol. The Balaban J connectivity index is 1.60. The van der Waals surface area contributed by atoms with Crippen LogP contribution in [0.25, 0.3) is 0 Å². The van der Waals surface area contributed by atoms with Gasteiger partial charge in [-0.05, 0) is 29.8 Å². The number of rotatable bonds is 6. The van der Waals surface area contributed by atoms with E-state index < -0.39 is 0 Å². The molecule has 1 aliphatic rings. The molecule has 0 aromatic heterocycles. The predicted molar refractivity (Wildman–Crippen MR) is 104 cm³/mol. The number of carbonyl (C=O) groups excluding carboxylic acids is 1. The third kappa shape index (κ3) is 4.36. The van der Waals surface area contributed by atoms with Gasteiger partial charge in [0, 0.05) is 38.8 Å². The highest BCUT2D eigenvalue weighted by Gasteiger charge is 2.24. The molecule has 0 atom stereocenters. The van der Waals surface area contributed by atoms with E-state index in [4.69, 9.17) is 14.2 Å². The molecular formula is C21H25FN2O4. The minimum Gasteiger partial charge on any atom is -0.497 e. The molecular weight excluding hydrogens is 363 g/mol. The Labute approximate surface area is 164 Å². The van der Waals surface area contributed by atoms with E-state index in [0.29, 0.717) is 36.7 Å². The molecule has 0 saturated carbocycles. The number of hydrogen-bond donors (Lipinski definition) is 0. The first-order chi connectivity index (χ1) is 13.5. The van der Waals surface area contributed by atoms with Crippen LogP contribution < -0.4 is 14.2 Å². The van der Waals surface area contributed by atoms with Gasteiger partial charge >= 0.3 is 0 Å². The molecule has 0 unspecified atom stereocenters. The lowest BCUT2D eigenvalue weighted by Crippen LogP contribution is -2.48. The summed E-state index contributed by atoms with van der Waals surface area (Å²) >= 11 is 0. The fraction of sp³-hybridized carbons (Fsp3) is 0.381. The Morgan fingerprint density at radius 3 is 2.25 bits per heavy atom. The molecule has 1 heterocycles. The Morgan fingerprint density at radius 1 is 0.929 bits per heavy atom.